The predicted molar refractivity (Wildman–Crippen MR) is 109 cm³/mol. The number of halogens is 2. The molecule has 1 aliphatic heterocycles. The first-order valence-electron chi connectivity index (χ1n) is 9.59. The molecule has 2 aromatic carbocycles. The van der Waals surface area contributed by atoms with Crippen LogP contribution in [0.1, 0.15) is 42.0 Å². The fourth-order valence-corrected chi connectivity index (χ4v) is 4.78. The molecular formula is C22H16F2N3O4S-. The molecular weight excluding hydrogens is 440 g/mol. The molecule has 0 saturated carbocycles. The van der Waals surface area contributed by atoms with Crippen molar-refractivity contribution < 1.29 is 27.1 Å². The van der Waals surface area contributed by atoms with Crippen LogP contribution in [0.5, 0.6) is 0 Å². The van der Waals surface area contributed by atoms with Gasteiger partial charge in [-0.05, 0) is 47.3 Å². The molecule has 1 aliphatic carbocycles. The number of hydrogen-bond donors (Lipinski definition) is 0. The molecule has 4 rings (SSSR count). The fraction of sp³-hybridized carbons (Fsp3) is 0.227. The summed E-state index contributed by atoms with van der Waals surface area (Å²) in [7, 11) is 1.42. The van der Waals surface area contributed by atoms with Crippen molar-refractivity contribution in [1.82, 2.24) is 4.90 Å². The first-order chi connectivity index (χ1) is 15.2. The Hall–Kier alpha value is -3.42. The van der Waals surface area contributed by atoms with Gasteiger partial charge in [0.25, 0.3) is 6.43 Å². The summed E-state index contributed by atoms with van der Waals surface area (Å²) in [6, 6.07) is 9.69. The van der Waals surface area contributed by atoms with Crippen LogP contribution in [0.2, 0.25) is 0 Å². The number of likely N-dealkylation sites (N-methyl/N-ethyl adjacent to an activating group) is 1. The number of urea groups is 1. The first-order valence-corrected chi connectivity index (χ1v) is 10.7. The van der Waals surface area contributed by atoms with E-state index >= 15 is 0 Å². The molecule has 2 amide bonds. The quantitative estimate of drug-likeness (QED) is 0.648. The van der Waals surface area contributed by atoms with Crippen LogP contribution in [0.4, 0.5) is 19.3 Å². The SMILES string of the molecule is CN1C(=O)N(c2cccc(C(F)F)c2)C2=C(C(=O)CC2)C1c1ccc(C#N)cc1S(=O)[O-]. The highest BCUT2D eigenvalue weighted by molar-refractivity contribution is 7.79. The van der Waals surface area contributed by atoms with Gasteiger partial charge in [-0.15, -0.1) is 0 Å². The van der Waals surface area contributed by atoms with Crippen LogP contribution in [-0.2, 0) is 15.9 Å². The minimum absolute atomic E-state index is 0.111. The van der Waals surface area contributed by atoms with Gasteiger partial charge in [0.15, 0.2) is 5.78 Å². The molecule has 2 aromatic rings. The van der Waals surface area contributed by atoms with Gasteiger partial charge in [0.2, 0.25) is 0 Å². The molecule has 0 radical (unpaired) electrons. The van der Waals surface area contributed by atoms with Gasteiger partial charge >= 0.3 is 6.03 Å². The summed E-state index contributed by atoms with van der Waals surface area (Å²) in [5, 5.41) is 9.11. The maximum atomic E-state index is 13.4. The number of Topliss-reactive ketones (excluding diaryl/α,β-unsaturated/α-hetero) is 1. The van der Waals surface area contributed by atoms with E-state index in [0.717, 1.165) is 0 Å². The van der Waals surface area contributed by atoms with Gasteiger partial charge in [-0.1, -0.05) is 18.2 Å². The van der Waals surface area contributed by atoms with E-state index < -0.39 is 29.6 Å². The molecule has 164 valence electrons. The number of carbonyl (C=O) groups excluding carboxylic acids is 2. The Morgan fingerprint density at radius 1 is 1.19 bits per heavy atom. The lowest BCUT2D eigenvalue weighted by Gasteiger charge is -2.41. The fourth-order valence-electron chi connectivity index (χ4n) is 4.19. The van der Waals surface area contributed by atoms with Crippen molar-refractivity contribution in [1.29, 1.82) is 5.26 Å². The highest BCUT2D eigenvalue weighted by Gasteiger charge is 2.45. The van der Waals surface area contributed by atoms with Crippen molar-refractivity contribution in [3.05, 3.63) is 70.4 Å². The maximum Gasteiger partial charge on any atom is 0.329 e. The van der Waals surface area contributed by atoms with Gasteiger partial charge in [-0.2, -0.15) is 5.26 Å². The topological polar surface area (TPSA) is 105 Å². The third-order valence-electron chi connectivity index (χ3n) is 5.62. The third-order valence-corrected chi connectivity index (χ3v) is 6.33. The van der Waals surface area contributed by atoms with Gasteiger partial charge in [0.05, 0.1) is 23.4 Å². The summed E-state index contributed by atoms with van der Waals surface area (Å²) >= 11 is -2.72. The molecule has 0 fully saturated rings. The number of allylic oxidation sites excluding steroid dienone is 1. The van der Waals surface area contributed by atoms with Crippen molar-refractivity contribution in [3.8, 4) is 6.07 Å². The average Bonchev–Trinajstić information content (AvgIpc) is 3.15. The Balaban J connectivity index is 1.91. The van der Waals surface area contributed by atoms with Crippen LogP contribution in [0.25, 0.3) is 0 Å². The lowest BCUT2D eigenvalue weighted by atomic mass is 9.92. The Bertz CT molecular complexity index is 1240. The Morgan fingerprint density at radius 2 is 1.94 bits per heavy atom. The smallest absolute Gasteiger partial charge is 0.329 e. The molecule has 0 saturated heterocycles. The van der Waals surface area contributed by atoms with E-state index in [0.29, 0.717) is 5.70 Å². The lowest BCUT2D eigenvalue weighted by molar-refractivity contribution is -0.115. The first kappa shape index (κ1) is 21.8. The maximum absolute atomic E-state index is 13.4. The molecule has 2 atom stereocenters. The van der Waals surface area contributed by atoms with Crippen LogP contribution >= 0.6 is 0 Å². The second-order valence-corrected chi connectivity index (χ2v) is 8.32. The zero-order valence-electron chi connectivity index (χ0n) is 16.7. The number of rotatable bonds is 4. The summed E-state index contributed by atoms with van der Waals surface area (Å²) in [5.41, 5.74) is 0.856. The minimum Gasteiger partial charge on any atom is -0.768 e. The predicted octanol–water partition coefficient (Wildman–Crippen LogP) is 3.96. The van der Waals surface area contributed by atoms with Crippen LogP contribution in [0.15, 0.2) is 58.6 Å². The van der Waals surface area contributed by atoms with Crippen molar-refractivity contribution >= 4 is 28.6 Å². The van der Waals surface area contributed by atoms with Crippen molar-refractivity contribution in [2.45, 2.75) is 30.2 Å². The molecule has 10 heteroatoms. The molecule has 1 heterocycles. The summed E-state index contributed by atoms with van der Waals surface area (Å²) in [4.78, 5) is 28.5. The number of carbonyl (C=O) groups is 2. The van der Waals surface area contributed by atoms with Gasteiger partial charge in [-0.25, -0.2) is 13.6 Å². The summed E-state index contributed by atoms with van der Waals surface area (Å²) in [6.45, 7) is 0. The number of alkyl halides is 2. The van der Waals surface area contributed by atoms with E-state index in [9.17, 15) is 27.1 Å². The van der Waals surface area contributed by atoms with Crippen LogP contribution in [-0.4, -0.2) is 32.5 Å². The Kier molecular flexibility index (Phi) is 5.62. The highest BCUT2D eigenvalue weighted by Crippen LogP contribution is 2.45. The van der Waals surface area contributed by atoms with E-state index in [4.69, 9.17) is 5.26 Å². The lowest BCUT2D eigenvalue weighted by Crippen LogP contribution is -2.48. The largest absolute Gasteiger partial charge is 0.768 e. The monoisotopic (exact) mass is 456 g/mol. The molecule has 0 N–H and O–H groups in total. The van der Waals surface area contributed by atoms with Crippen molar-refractivity contribution in [3.63, 3.8) is 0 Å². The standard InChI is InChI=1S/C22H17F2N3O4S/c1-26-20(15-6-5-12(11-25)9-18(15)32(30)31)19-16(7-8-17(19)28)27(22(26)29)14-4-2-3-13(10-14)21(23)24/h2-6,9-10,20-21H,7-8H2,1H3,(H,30,31)/p-1. The molecule has 0 spiro atoms. The van der Waals surface area contributed by atoms with E-state index in [1.54, 1.807) is 0 Å². The van der Waals surface area contributed by atoms with E-state index in [2.05, 4.69) is 0 Å². The Labute approximate surface area is 184 Å². The number of nitriles is 1. The third kappa shape index (κ3) is 3.49. The second-order valence-electron chi connectivity index (χ2n) is 7.41. The number of ketones is 1. The van der Waals surface area contributed by atoms with Gasteiger partial charge in [0, 0.05) is 35.2 Å². The summed E-state index contributed by atoms with van der Waals surface area (Å²) < 4.78 is 50.2. The van der Waals surface area contributed by atoms with Crippen molar-refractivity contribution in [2.24, 2.45) is 0 Å². The van der Waals surface area contributed by atoms with E-state index in [1.807, 2.05) is 6.07 Å². The second kappa shape index (κ2) is 8.26. The Morgan fingerprint density at radius 3 is 2.59 bits per heavy atom. The zero-order chi connectivity index (χ0) is 23.2. The molecule has 32 heavy (non-hydrogen) atoms. The number of anilines is 1. The molecule has 0 bridgehead atoms. The summed E-state index contributed by atoms with van der Waals surface area (Å²) in [5.74, 6) is -0.258. The molecule has 2 aliphatic rings. The molecule has 2 unspecified atom stereocenters. The average molecular weight is 456 g/mol. The van der Waals surface area contributed by atoms with Crippen molar-refractivity contribution in [2.75, 3.05) is 11.9 Å². The highest BCUT2D eigenvalue weighted by atomic mass is 32.2. The van der Waals surface area contributed by atoms with Gasteiger partial charge < -0.3 is 9.45 Å². The van der Waals surface area contributed by atoms with E-state index in [-0.39, 0.29) is 51.5 Å². The summed E-state index contributed by atoms with van der Waals surface area (Å²) in [6.07, 6.45) is -2.40. The number of hydrogen-bond acceptors (Lipinski definition) is 5. The van der Waals surface area contributed by atoms with Crippen LogP contribution < -0.4 is 4.90 Å². The zero-order valence-corrected chi connectivity index (χ0v) is 17.6. The number of amides is 2. The number of nitrogens with zero attached hydrogens (tertiary/aromatic N) is 3. The normalized spacial score (nSPS) is 19.4. The van der Waals surface area contributed by atoms with Crippen LogP contribution in [0.3, 0.4) is 0 Å². The van der Waals surface area contributed by atoms with E-state index in [1.165, 1.54) is 59.3 Å². The minimum atomic E-state index is -2.73. The van der Waals surface area contributed by atoms with Gasteiger partial charge in [-0.3, -0.25) is 13.9 Å². The van der Waals surface area contributed by atoms with Crippen LogP contribution in [0, 0.1) is 11.3 Å². The number of benzene rings is 2. The molecule has 0 aromatic heterocycles. The molecule has 7 nitrogen and oxygen atoms in total. The van der Waals surface area contributed by atoms with Gasteiger partial charge in [0.1, 0.15) is 0 Å².